The van der Waals surface area contributed by atoms with Gasteiger partial charge in [-0.2, -0.15) is 0 Å². The fraction of sp³-hybridized carbons (Fsp3) is 0.421. The summed E-state index contributed by atoms with van der Waals surface area (Å²) < 4.78 is 39.3. The average Bonchev–Trinajstić information content (AvgIpc) is 2.58. The maximum atomic E-state index is 14.4. The van der Waals surface area contributed by atoms with Gasteiger partial charge in [-0.15, -0.1) is 0 Å². The molecule has 0 spiro atoms. The highest BCUT2D eigenvalue weighted by Gasteiger charge is 2.28. The molecule has 0 aromatic heterocycles. The maximum absolute atomic E-state index is 14.4. The molecule has 0 aliphatic heterocycles. The highest BCUT2D eigenvalue weighted by Crippen LogP contribution is 2.30. The number of benzene rings is 1. The van der Waals surface area contributed by atoms with Crippen LogP contribution in [0.1, 0.15) is 43.6 Å². The molecule has 154 valence electrons. The van der Waals surface area contributed by atoms with Crippen molar-refractivity contribution in [2.24, 2.45) is 0 Å². The van der Waals surface area contributed by atoms with Crippen molar-refractivity contribution in [3.63, 3.8) is 0 Å². The van der Waals surface area contributed by atoms with Gasteiger partial charge in [-0.05, 0) is 32.9 Å². The number of rotatable bonds is 7. The van der Waals surface area contributed by atoms with Crippen molar-refractivity contribution in [1.29, 1.82) is 0 Å². The molecule has 1 aromatic rings. The smallest absolute Gasteiger partial charge is 0.377 e. The van der Waals surface area contributed by atoms with Crippen LogP contribution in [0.2, 0.25) is 0 Å². The molecule has 1 rings (SSSR count). The van der Waals surface area contributed by atoms with E-state index in [1.807, 2.05) is 0 Å². The minimum atomic E-state index is -0.925. The van der Waals surface area contributed by atoms with Crippen molar-refractivity contribution in [2.45, 2.75) is 39.9 Å². The van der Waals surface area contributed by atoms with E-state index in [1.54, 1.807) is 20.8 Å². The van der Waals surface area contributed by atoms with Crippen molar-refractivity contribution >= 4 is 17.9 Å². The van der Waals surface area contributed by atoms with E-state index in [4.69, 9.17) is 18.9 Å². The lowest BCUT2D eigenvalue weighted by atomic mass is 10.1. The molecule has 0 radical (unpaired) electrons. The molecule has 9 heteroatoms. The molecule has 0 N–H and O–H groups in total. The van der Waals surface area contributed by atoms with E-state index >= 15 is 0 Å². The first-order valence-electron chi connectivity index (χ1n) is 8.17. The molecule has 0 aliphatic rings. The Hall–Kier alpha value is -3.10. The molecule has 0 saturated carbocycles. The number of carbonyl (C=O) groups excluding carboxylic acids is 3. The van der Waals surface area contributed by atoms with Crippen LogP contribution in [0.5, 0.6) is 5.75 Å². The van der Waals surface area contributed by atoms with Crippen LogP contribution < -0.4 is 4.74 Å². The number of methoxy groups -OCH3 is 2. The van der Waals surface area contributed by atoms with Crippen LogP contribution in [0.3, 0.4) is 0 Å². The third kappa shape index (κ3) is 6.57. The van der Waals surface area contributed by atoms with E-state index in [9.17, 15) is 18.8 Å². The summed E-state index contributed by atoms with van der Waals surface area (Å²) in [5.41, 5.74) is -1.49. The zero-order valence-corrected chi connectivity index (χ0v) is 16.6. The minimum absolute atomic E-state index is 0.202. The van der Waals surface area contributed by atoms with Crippen molar-refractivity contribution in [2.75, 3.05) is 14.2 Å². The summed E-state index contributed by atoms with van der Waals surface area (Å²) in [6.45, 7) is 5.49. The lowest BCUT2D eigenvalue weighted by Crippen LogP contribution is -2.26. The lowest BCUT2D eigenvalue weighted by Gasteiger charge is -2.22. The SMILES string of the molecule is COC=C(Oc1ccc(F)c(COC(C)=O)c1C(=O)OC(C)(C)C)C(=O)OC. The van der Waals surface area contributed by atoms with Crippen molar-refractivity contribution in [1.82, 2.24) is 0 Å². The summed E-state index contributed by atoms with van der Waals surface area (Å²) in [4.78, 5) is 35.7. The van der Waals surface area contributed by atoms with Gasteiger partial charge in [0, 0.05) is 12.5 Å². The predicted octanol–water partition coefficient (Wildman–Crippen LogP) is 2.88. The van der Waals surface area contributed by atoms with Crippen LogP contribution in [-0.4, -0.2) is 37.7 Å². The number of carbonyl (C=O) groups is 3. The van der Waals surface area contributed by atoms with Crippen LogP contribution in [0.15, 0.2) is 24.2 Å². The fourth-order valence-electron chi connectivity index (χ4n) is 1.99. The maximum Gasteiger partial charge on any atom is 0.377 e. The van der Waals surface area contributed by atoms with Crippen LogP contribution in [-0.2, 0) is 35.1 Å². The molecular weight excluding hydrogens is 375 g/mol. The number of hydrogen-bond acceptors (Lipinski definition) is 8. The van der Waals surface area contributed by atoms with Gasteiger partial charge in [0.05, 0.1) is 14.2 Å². The van der Waals surface area contributed by atoms with Crippen molar-refractivity contribution in [3.8, 4) is 5.75 Å². The molecule has 0 aliphatic carbocycles. The standard InChI is InChI=1S/C19H23FO8/c1-11(21)26-9-12-13(20)7-8-14(16(12)18(23)28-19(2,3)4)27-15(10-24-5)17(22)25-6/h7-8,10H,9H2,1-6H3. The predicted molar refractivity (Wildman–Crippen MR) is 94.8 cm³/mol. The molecule has 0 atom stereocenters. The zero-order chi connectivity index (χ0) is 21.5. The molecule has 0 bridgehead atoms. The van der Waals surface area contributed by atoms with E-state index in [2.05, 4.69) is 4.74 Å². The third-order valence-electron chi connectivity index (χ3n) is 3.07. The van der Waals surface area contributed by atoms with Gasteiger partial charge >= 0.3 is 17.9 Å². The van der Waals surface area contributed by atoms with Gasteiger partial charge in [-0.25, -0.2) is 14.0 Å². The van der Waals surface area contributed by atoms with Gasteiger partial charge in [0.2, 0.25) is 5.76 Å². The average molecular weight is 398 g/mol. The molecule has 0 amide bonds. The summed E-state index contributed by atoms with van der Waals surface area (Å²) in [5, 5.41) is 0. The fourth-order valence-corrected chi connectivity index (χ4v) is 1.99. The van der Waals surface area contributed by atoms with Gasteiger partial charge < -0.3 is 23.7 Å². The first-order valence-corrected chi connectivity index (χ1v) is 8.17. The second kappa shape index (κ2) is 9.72. The van der Waals surface area contributed by atoms with Gasteiger partial charge in [0.1, 0.15) is 35.6 Å². The van der Waals surface area contributed by atoms with E-state index in [0.29, 0.717) is 0 Å². The van der Waals surface area contributed by atoms with Crippen LogP contribution in [0.25, 0.3) is 0 Å². The molecule has 0 unspecified atom stereocenters. The third-order valence-corrected chi connectivity index (χ3v) is 3.07. The van der Waals surface area contributed by atoms with Crippen LogP contribution in [0.4, 0.5) is 4.39 Å². The molecule has 8 nitrogen and oxygen atoms in total. The highest BCUT2D eigenvalue weighted by molar-refractivity contribution is 5.95. The Bertz CT molecular complexity index is 777. The Morgan fingerprint density at radius 1 is 1.14 bits per heavy atom. The minimum Gasteiger partial charge on any atom is -0.500 e. The second-order valence-corrected chi connectivity index (χ2v) is 6.49. The molecule has 28 heavy (non-hydrogen) atoms. The van der Waals surface area contributed by atoms with Gasteiger partial charge in [0.25, 0.3) is 0 Å². The number of hydrogen-bond donors (Lipinski definition) is 0. The Morgan fingerprint density at radius 2 is 1.79 bits per heavy atom. The first-order chi connectivity index (χ1) is 13.0. The second-order valence-electron chi connectivity index (χ2n) is 6.49. The van der Waals surface area contributed by atoms with Gasteiger partial charge in [-0.1, -0.05) is 0 Å². The van der Waals surface area contributed by atoms with E-state index < -0.39 is 35.9 Å². The van der Waals surface area contributed by atoms with Gasteiger partial charge in [-0.3, -0.25) is 4.79 Å². The largest absolute Gasteiger partial charge is 0.500 e. The van der Waals surface area contributed by atoms with Crippen LogP contribution >= 0.6 is 0 Å². The number of esters is 3. The summed E-state index contributed by atoms with van der Waals surface area (Å²) in [6, 6.07) is 2.14. The summed E-state index contributed by atoms with van der Waals surface area (Å²) in [6.07, 6.45) is 0.958. The highest BCUT2D eigenvalue weighted by atomic mass is 19.1. The van der Waals surface area contributed by atoms with Crippen LogP contribution in [0, 0.1) is 5.82 Å². The molecule has 0 fully saturated rings. The van der Waals surface area contributed by atoms with E-state index in [1.165, 1.54) is 7.11 Å². The number of ether oxygens (including phenoxy) is 5. The summed E-state index contributed by atoms with van der Waals surface area (Å²) >= 11 is 0. The Kier molecular flexibility index (Phi) is 7.97. The summed E-state index contributed by atoms with van der Waals surface area (Å²) in [7, 11) is 2.40. The molecule has 0 heterocycles. The normalized spacial score (nSPS) is 11.5. The van der Waals surface area contributed by atoms with Gasteiger partial charge in [0.15, 0.2) is 0 Å². The Labute approximate surface area is 162 Å². The van der Waals surface area contributed by atoms with E-state index in [-0.39, 0.29) is 22.6 Å². The zero-order valence-electron chi connectivity index (χ0n) is 16.6. The topological polar surface area (TPSA) is 97.4 Å². The Balaban J connectivity index is 3.51. The van der Waals surface area contributed by atoms with Crippen molar-refractivity contribution < 1.29 is 42.5 Å². The van der Waals surface area contributed by atoms with E-state index in [0.717, 1.165) is 32.4 Å². The molecular formula is C19H23FO8. The summed E-state index contributed by atoms with van der Waals surface area (Å²) in [5.74, 6) is -3.89. The molecule has 0 saturated heterocycles. The lowest BCUT2D eigenvalue weighted by molar-refractivity contribution is -0.142. The number of halogens is 1. The molecule has 1 aromatic carbocycles. The monoisotopic (exact) mass is 398 g/mol. The van der Waals surface area contributed by atoms with Crippen molar-refractivity contribution in [3.05, 3.63) is 41.1 Å². The Morgan fingerprint density at radius 3 is 2.29 bits per heavy atom. The first kappa shape index (κ1) is 22.9. The quantitative estimate of drug-likeness (QED) is 0.299.